The Labute approximate surface area is 163 Å². The fourth-order valence-corrected chi connectivity index (χ4v) is 7.78. The van der Waals surface area contributed by atoms with Crippen molar-refractivity contribution in [1.29, 1.82) is 0 Å². The topological polar surface area (TPSA) is 66.8 Å². The van der Waals surface area contributed by atoms with Crippen LogP contribution in [0.5, 0.6) is 0 Å². The molecule has 7 unspecified atom stereocenters. The Morgan fingerprint density at radius 1 is 1.19 bits per heavy atom. The molecule has 0 spiro atoms. The first-order chi connectivity index (χ1) is 12.7. The Balaban J connectivity index is 1.65. The maximum atomic E-state index is 12.3. The summed E-state index contributed by atoms with van der Waals surface area (Å²) in [6, 6.07) is 0. The summed E-state index contributed by atoms with van der Waals surface area (Å²) < 4.78 is 4.99. The molecule has 4 aliphatic carbocycles. The molecule has 3 saturated carbocycles. The van der Waals surface area contributed by atoms with Crippen molar-refractivity contribution in [2.45, 2.75) is 83.8 Å². The summed E-state index contributed by atoms with van der Waals surface area (Å²) in [5.41, 5.74) is 0.487. The van der Waals surface area contributed by atoms with Crippen LogP contribution in [0.2, 0.25) is 0 Å². The van der Waals surface area contributed by atoms with Gasteiger partial charge in [0.15, 0.2) is 0 Å². The van der Waals surface area contributed by atoms with Crippen molar-refractivity contribution >= 4 is 5.97 Å². The highest BCUT2D eigenvalue weighted by Gasteiger charge is 2.66. The zero-order chi connectivity index (χ0) is 19.6. The van der Waals surface area contributed by atoms with Gasteiger partial charge in [-0.3, -0.25) is 4.79 Å². The van der Waals surface area contributed by atoms with Gasteiger partial charge in [0.05, 0.1) is 24.7 Å². The summed E-state index contributed by atoms with van der Waals surface area (Å²) in [5.74, 6) is 0.894. The van der Waals surface area contributed by atoms with E-state index >= 15 is 0 Å². The molecule has 0 radical (unpaired) electrons. The van der Waals surface area contributed by atoms with Crippen LogP contribution >= 0.6 is 0 Å². The fraction of sp³-hybridized carbons (Fsp3) is 0.870. The number of aliphatic hydroxyl groups is 2. The second-order valence-corrected chi connectivity index (χ2v) is 10.3. The van der Waals surface area contributed by atoms with E-state index in [0.29, 0.717) is 24.2 Å². The van der Waals surface area contributed by atoms with Gasteiger partial charge in [-0.15, -0.1) is 0 Å². The van der Waals surface area contributed by atoms with Crippen molar-refractivity contribution in [3.05, 3.63) is 11.6 Å². The number of allylic oxidation sites excluding steroid dienone is 1. The van der Waals surface area contributed by atoms with E-state index in [1.54, 1.807) is 0 Å². The number of aliphatic hydroxyl groups excluding tert-OH is 1. The molecule has 4 heteroatoms. The van der Waals surface area contributed by atoms with Gasteiger partial charge >= 0.3 is 5.97 Å². The third kappa shape index (κ3) is 2.51. The molecular weight excluding hydrogens is 340 g/mol. The Hall–Kier alpha value is -0.870. The van der Waals surface area contributed by atoms with Crippen molar-refractivity contribution < 1.29 is 19.7 Å². The molecule has 4 aliphatic rings. The summed E-state index contributed by atoms with van der Waals surface area (Å²) in [7, 11) is 1.42. The van der Waals surface area contributed by atoms with Crippen LogP contribution in [0.3, 0.4) is 0 Å². The van der Waals surface area contributed by atoms with Crippen LogP contribution in [-0.2, 0) is 9.53 Å². The van der Waals surface area contributed by atoms with Crippen molar-refractivity contribution in [3.8, 4) is 0 Å². The SMILES string of the molecule is COC(=O)C(C)[C@]1(O)CCC2C3CC=C4CC(O)CCC4(C)C3CCC21C. The second kappa shape index (κ2) is 6.32. The minimum Gasteiger partial charge on any atom is -0.469 e. The molecular formula is C23H36O4. The first kappa shape index (κ1) is 19.4. The number of rotatable bonds is 2. The minimum absolute atomic E-state index is 0.174. The van der Waals surface area contributed by atoms with Crippen LogP contribution < -0.4 is 0 Å². The van der Waals surface area contributed by atoms with E-state index < -0.39 is 11.5 Å². The number of hydrogen-bond acceptors (Lipinski definition) is 4. The maximum Gasteiger partial charge on any atom is 0.311 e. The van der Waals surface area contributed by atoms with Gasteiger partial charge in [0.1, 0.15) is 0 Å². The molecule has 0 aromatic rings. The molecule has 0 saturated heterocycles. The monoisotopic (exact) mass is 376 g/mol. The number of carbonyl (C=O) groups is 1. The first-order valence-electron chi connectivity index (χ1n) is 10.8. The van der Waals surface area contributed by atoms with Crippen LogP contribution in [-0.4, -0.2) is 35.0 Å². The van der Waals surface area contributed by atoms with Gasteiger partial charge < -0.3 is 14.9 Å². The first-order valence-corrected chi connectivity index (χ1v) is 10.8. The van der Waals surface area contributed by atoms with Gasteiger partial charge in [-0.1, -0.05) is 25.5 Å². The zero-order valence-electron chi connectivity index (χ0n) is 17.3. The number of ether oxygens (including phenoxy) is 1. The van der Waals surface area contributed by atoms with Crippen LogP contribution in [0.15, 0.2) is 11.6 Å². The van der Waals surface area contributed by atoms with Crippen LogP contribution in [0, 0.1) is 34.5 Å². The molecule has 4 nitrogen and oxygen atoms in total. The van der Waals surface area contributed by atoms with Crippen LogP contribution in [0.25, 0.3) is 0 Å². The Morgan fingerprint density at radius 2 is 1.89 bits per heavy atom. The largest absolute Gasteiger partial charge is 0.469 e. The highest BCUT2D eigenvalue weighted by Crippen LogP contribution is 2.68. The Kier molecular flexibility index (Phi) is 4.55. The predicted octanol–water partition coefficient (Wildman–Crippen LogP) is 3.85. The van der Waals surface area contributed by atoms with Gasteiger partial charge in [0.2, 0.25) is 0 Å². The molecule has 0 heterocycles. The van der Waals surface area contributed by atoms with Crippen LogP contribution in [0.1, 0.15) is 72.1 Å². The third-order valence-corrected chi connectivity index (χ3v) is 9.56. The lowest BCUT2D eigenvalue weighted by atomic mass is 9.46. The highest BCUT2D eigenvalue weighted by atomic mass is 16.5. The standard InChI is InChI=1S/C23H36O4/c1-14(20(25)27-4)23(26)12-9-19-17-6-5-15-13-16(24)7-10-21(15,2)18(17)8-11-22(19,23)3/h5,14,16-19,24,26H,6-13H2,1-4H3/t14?,16?,17?,18?,19?,21?,22?,23-/m1/s1. The maximum absolute atomic E-state index is 12.3. The predicted molar refractivity (Wildman–Crippen MR) is 104 cm³/mol. The van der Waals surface area contributed by atoms with Crippen molar-refractivity contribution in [3.63, 3.8) is 0 Å². The summed E-state index contributed by atoms with van der Waals surface area (Å²) in [5, 5.41) is 21.8. The van der Waals surface area contributed by atoms with Crippen LogP contribution in [0.4, 0.5) is 0 Å². The smallest absolute Gasteiger partial charge is 0.311 e. The summed E-state index contributed by atoms with van der Waals surface area (Å²) in [4.78, 5) is 12.3. The summed E-state index contributed by atoms with van der Waals surface area (Å²) >= 11 is 0. The summed E-state index contributed by atoms with van der Waals surface area (Å²) in [6.45, 7) is 6.49. The molecule has 0 aromatic carbocycles. The molecule has 0 aromatic heterocycles. The normalized spacial score (nSPS) is 50.1. The number of hydrogen-bond donors (Lipinski definition) is 2. The molecule has 4 rings (SSSR count). The number of carbonyl (C=O) groups excluding carboxylic acids is 1. The lowest BCUT2D eigenvalue weighted by molar-refractivity contribution is -0.177. The van der Waals surface area contributed by atoms with E-state index in [0.717, 1.165) is 44.9 Å². The highest BCUT2D eigenvalue weighted by molar-refractivity contribution is 5.73. The molecule has 0 amide bonds. The number of methoxy groups -OCH3 is 1. The average Bonchev–Trinajstić information content (AvgIpc) is 2.93. The van der Waals surface area contributed by atoms with E-state index in [2.05, 4.69) is 19.9 Å². The minimum atomic E-state index is -0.969. The Morgan fingerprint density at radius 3 is 2.59 bits per heavy atom. The van der Waals surface area contributed by atoms with Gasteiger partial charge in [0, 0.05) is 5.41 Å². The molecule has 3 fully saturated rings. The van der Waals surface area contributed by atoms with E-state index in [9.17, 15) is 15.0 Å². The van der Waals surface area contributed by atoms with E-state index in [1.165, 1.54) is 12.7 Å². The van der Waals surface area contributed by atoms with E-state index in [-0.39, 0.29) is 22.9 Å². The molecule has 152 valence electrons. The number of fused-ring (bicyclic) bond motifs is 5. The van der Waals surface area contributed by atoms with Gasteiger partial charge in [-0.2, -0.15) is 0 Å². The van der Waals surface area contributed by atoms with Gasteiger partial charge in [-0.05, 0) is 81.5 Å². The van der Waals surface area contributed by atoms with Crippen molar-refractivity contribution in [2.24, 2.45) is 34.5 Å². The second-order valence-electron chi connectivity index (χ2n) is 10.3. The van der Waals surface area contributed by atoms with E-state index in [1.807, 2.05) is 6.92 Å². The Bertz CT molecular complexity index is 657. The molecule has 8 atom stereocenters. The lowest BCUT2D eigenvalue weighted by Crippen LogP contribution is -2.57. The van der Waals surface area contributed by atoms with Crippen molar-refractivity contribution in [1.82, 2.24) is 0 Å². The molecule has 0 aliphatic heterocycles. The fourth-order valence-electron chi connectivity index (χ4n) is 7.78. The van der Waals surface area contributed by atoms with Gasteiger partial charge in [0.25, 0.3) is 0 Å². The van der Waals surface area contributed by atoms with E-state index in [4.69, 9.17) is 4.74 Å². The summed E-state index contributed by atoms with van der Waals surface area (Å²) in [6.07, 6.45) is 9.89. The van der Waals surface area contributed by atoms with Gasteiger partial charge in [-0.25, -0.2) is 0 Å². The molecule has 2 N–H and O–H groups in total. The molecule has 0 bridgehead atoms. The lowest BCUT2D eigenvalue weighted by Gasteiger charge is -2.59. The molecule has 27 heavy (non-hydrogen) atoms. The van der Waals surface area contributed by atoms with Crippen molar-refractivity contribution in [2.75, 3.05) is 7.11 Å². The third-order valence-electron chi connectivity index (χ3n) is 9.56. The average molecular weight is 377 g/mol. The zero-order valence-corrected chi connectivity index (χ0v) is 17.3. The number of esters is 1. The quantitative estimate of drug-likeness (QED) is 0.567.